The second-order valence-corrected chi connectivity index (χ2v) is 4.80. The minimum atomic E-state index is -0.659. The molecule has 0 radical (unpaired) electrons. The molecule has 2 aromatic rings. The fourth-order valence-electron chi connectivity index (χ4n) is 1.67. The van der Waals surface area contributed by atoms with Gasteiger partial charge in [-0.25, -0.2) is 9.59 Å². The number of para-hydroxylation sites is 1. The van der Waals surface area contributed by atoms with Crippen LogP contribution in [0.4, 0.5) is 0 Å². The van der Waals surface area contributed by atoms with Crippen LogP contribution >= 0.6 is 0 Å². The Balaban J connectivity index is 2.22. The maximum absolute atomic E-state index is 11.8. The van der Waals surface area contributed by atoms with E-state index in [2.05, 4.69) is 0 Å². The van der Waals surface area contributed by atoms with Crippen molar-refractivity contribution in [1.29, 1.82) is 0 Å². The van der Waals surface area contributed by atoms with E-state index in [9.17, 15) is 9.59 Å². The molecule has 19 heavy (non-hydrogen) atoms. The van der Waals surface area contributed by atoms with Gasteiger partial charge < -0.3 is 9.15 Å². The molecule has 100 valence electrons. The number of benzene rings is 1. The number of rotatable bonds is 4. The number of hydrogen-bond acceptors (Lipinski definition) is 4. The van der Waals surface area contributed by atoms with Gasteiger partial charge in [0.05, 0.1) is 6.61 Å². The third kappa shape index (κ3) is 3.22. The molecule has 4 heteroatoms. The first kappa shape index (κ1) is 13.3. The van der Waals surface area contributed by atoms with Crippen LogP contribution in [0.3, 0.4) is 0 Å². The molecule has 0 amide bonds. The molecule has 1 heterocycles. The largest absolute Gasteiger partial charge is 0.462 e. The van der Waals surface area contributed by atoms with E-state index in [1.165, 1.54) is 6.07 Å². The highest BCUT2D eigenvalue weighted by atomic mass is 16.5. The highest BCUT2D eigenvalue weighted by Crippen LogP contribution is 2.13. The average Bonchev–Trinajstić information content (AvgIpc) is 2.37. The van der Waals surface area contributed by atoms with Crippen LogP contribution in [0, 0.1) is 5.92 Å². The van der Waals surface area contributed by atoms with Crippen molar-refractivity contribution in [3.05, 3.63) is 46.3 Å². The molecule has 0 aliphatic carbocycles. The lowest BCUT2D eigenvalue weighted by atomic mass is 10.1. The van der Waals surface area contributed by atoms with Gasteiger partial charge in [0.25, 0.3) is 0 Å². The van der Waals surface area contributed by atoms with Gasteiger partial charge in [0, 0.05) is 5.39 Å². The van der Waals surface area contributed by atoms with Crippen molar-refractivity contribution in [3.8, 4) is 0 Å². The highest BCUT2D eigenvalue weighted by molar-refractivity contribution is 5.92. The van der Waals surface area contributed by atoms with Gasteiger partial charge in [-0.1, -0.05) is 32.0 Å². The van der Waals surface area contributed by atoms with Crippen molar-refractivity contribution in [2.24, 2.45) is 5.92 Å². The van der Waals surface area contributed by atoms with Crippen LogP contribution in [-0.4, -0.2) is 12.6 Å². The predicted molar refractivity (Wildman–Crippen MR) is 72.2 cm³/mol. The van der Waals surface area contributed by atoms with Crippen molar-refractivity contribution in [2.75, 3.05) is 6.61 Å². The van der Waals surface area contributed by atoms with Gasteiger partial charge in [0.1, 0.15) is 11.1 Å². The lowest BCUT2D eigenvalue weighted by Crippen LogP contribution is -2.17. The van der Waals surface area contributed by atoms with E-state index in [1.54, 1.807) is 18.2 Å². The molecule has 0 unspecified atom stereocenters. The van der Waals surface area contributed by atoms with Crippen LogP contribution in [0.1, 0.15) is 30.6 Å². The summed E-state index contributed by atoms with van der Waals surface area (Å²) < 4.78 is 10.2. The molecule has 0 aliphatic heterocycles. The third-order valence-corrected chi connectivity index (χ3v) is 2.79. The summed E-state index contributed by atoms with van der Waals surface area (Å²) in [7, 11) is 0. The van der Waals surface area contributed by atoms with Crippen LogP contribution in [0.2, 0.25) is 0 Å². The predicted octanol–water partition coefficient (Wildman–Crippen LogP) is 3.00. The Hall–Kier alpha value is -2.10. The van der Waals surface area contributed by atoms with Gasteiger partial charge in [-0.15, -0.1) is 0 Å². The zero-order chi connectivity index (χ0) is 13.8. The van der Waals surface area contributed by atoms with Crippen molar-refractivity contribution in [2.45, 2.75) is 20.3 Å². The monoisotopic (exact) mass is 260 g/mol. The standard InChI is InChI=1S/C15H16O4/c1-10(2)7-8-18-14(16)12-9-11-5-3-4-6-13(11)19-15(12)17/h3-6,9-10H,7-8H2,1-2H3. The van der Waals surface area contributed by atoms with E-state index in [1.807, 2.05) is 19.9 Å². The van der Waals surface area contributed by atoms with Crippen molar-refractivity contribution >= 4 is 16.9 Å². The van der Waals surface area contributed by atoms with Crippen molar-refractivity contribution in [1.82, 2.24) is 0 Å². The van der Waals surface area contributed by atoms with E-state index in [4.69, 9.17) is 9.15 Å². The van der Waals surface area contributed by atoms with Gasteiger partial charge >= 0.3 is 11.6 Å². The molecule has 0 saturated carbocycles. The Morgan fingerprint density at radius 2 is 2.05 bits per heavy atom. The van der Waals surface area contributed by atoms with E-state index < -0.39 is 11.6 Å². The number of carbonyl (C=O) groups is 1. The van der Waals surface area contributed by atoms with Crippen LogP contribution in [0.15, 0.2) is 39.5 Å². The number of fused-ring (bicyclic) bond motifs is 1. The summed E-state index contributed by atoms with van der Waals surface area (Å²) in [4.78, 5) is 23.5. The molecule has 0 saturated heterocycles. The average molecular weight is 260 g/mol. The van der Waals surface area contributed by atoms with Crippen LogP contribution < -0.4 is 5.63 Å². The second-order valence-electron chi connectivity index (χ2n) is 4.80. The smallest absolute Gasteiger partial charge is 0.351 e. The molecule has 0 spiro atoms. The lowest BCUT2D eigenvalue weighted by Gasteiger charge is -2.06. The number of esters is 1. The summed E-state index contributed by atoms with van der Waals surface area (Å²) in [5.74, 6) is -0.180. The fourth-order valence-corrected chi connectivity index (χ4v) is 1.67. The normalized spacial score (nSPS) is 10.9. The van der Waals surface area contributed by atoms with Gasteiger partial charge in [-0.05, 0) is 24.5 Å². The van der Waals surface area contributed by atoms with Gasteiger partial charge in [-0.3, -0.25) is 0 Å². The first-order valence-corrected chi connectivity index (χ1v) is 6.28. The zero-order valence-corrected chi connectivity index (χ0v) is 11.0. The van der Waals surface area contributed by atoms with Crippen molar-refractivity contribution < 1.29 is 13.9 Å². The quantitative estimate of drug-likeness (QED) is 0.626. The molecule has 0 N–H and O–H groups in total. The topological polar surface area (TPSA) is 56.5 Å². The Labute approximate surface area is 111 Å². The zero-order valence-electron chi connectivity index (χ0n) is 11.0. The molecule has 4 nitrogen and oxygen atoms in total. The summed E-state index contributed by atoms with van der Waals surface area (Å²) in [5, 5.41) is 0.706. The summed E-state index contributed by atoms with van der Waals surface area (Å²) in [6.45, 7) is 4.39. The lowest BCUT2D eigenvalue weighted by molar-refractivity contribution is 0.0483. The second kappa shape index (κ2) is 5.69. The van der Waals surface area contributed by atoms with Crippen molar-refractivity contribution in [3.63, 3.8) is 0 Å². The SMILES string of the molecule is CC(C)CCOC(=O)c1cc2ccccc2oc1=O. The maximum atomic E-state index is 11.8. The first-order valence-electron chi connectivity index (χ1n) is 6.28. The number of carbonyl (C=O) groups excluding carboxylic acids is 1. The molecule has 1 aromatic carbocycles. The van der Waals surface area contributed by atoms with E-state index in [-0.39, 0.29) is 5.56 Å². The maximum Gasteiger partial charge on any atom is 0.351 e. The van der Waals surface area contributed by atoms with Gasteiger partial charge in [0.2, 0.25) is 0 Å². The number of ether oxygens (including phenoxy) is 1. The van der Waals surface area contributed by atoms with Gasteiger partial charge in [-0.2, -0.15) is 0 Å². The Morgan fingerprint density at radius 3 is 2.79 bits per heavy atom. The molecular formula is C15H16O4. The molecule has 2 rings (SSSR count). The Kier molecular flexibility index (Phi) is 4.00. The highest BCUT2D eigenvalue weighted by Gasteiger charge is 2.15. The fraction of sp³-hybridized carbons (Fsp3) is 0.333. The summed E-state index contributed by atoms with van der Waals surface area (Å²) in [6, 6.07) is 8.56. The first-order chi connectivity index (χ1) is 9.08. The minimum absolute atomic E-state index is 0.0533. The van der Waals surface area contributed by atoms with Crippen LogP contribution in [-0.2, 0) is 4.74 Å². The molecule has 1 aromatic heterocycles. The molecule has 0 aliphatic rings. The molecular weight excluding hydrogens is 244 g/mol. The molecule has 0 atom stereocenters. The molecule has 0 fully saturated rings. The van der Waals surface area contributed by atoms with Crippen LogP contribution in [0.25, 0.3) is 11.0 Å². The summed E-state index contributed by atoms with van der Waals surface area (Å²) in [6.07, 6.45) is 0.769. The van der Waals surface area contributed by atoms with Crippen LogP contribution in [0.5, 0.6) is 0 Å². The Morgan fingerprint density at radius 1 is 1.32 bits per heavy atom. The third-order valence-electron chi connectivity index (χ3n) is 2.79. The van der Waals surface area contributed by atoms with E-state index >= 15 is 0 Å². The van der Waals surface area contributed by atoms with E-state index in [0.717, 1.165) is 6.42 Å². The summed E-state index contributed by atoms with van der Waals surface area (Å²) >= 11 is 0. The van der Waals surface area contributed by atoms with E-state index in [0.29, 0.717) is 23.5 Å². The van der Waals surface area contributed by atoms with Gasteiger partial charge in [0.15, 0.2) is 0 Å². The molecule has 0 bridgehead atoms. The minimum Gasteiger partial charge on any atom is -0.462 e. The number of hydrogen-bond donors (Lipinski definition) is 0. The Bertz CT molecular complexity index is 640. The summed E-state index contributed by atoms with van der Waals surface area (Å²) in [5.41, 5.74) is -0.248.